The quantitative estimate of drug-likeness (QED) is 0.621. The van der Waals surface area contributed by atoms with Gasteiger partial charge in [0.1, 0.15) is 6.04 Å². The van der Waals surface area contributed by atoms with E-state index in [1.165, 1.54) is 10.9 Å². The van der Waals surface area contributed by atoms with Crippen LogP contribution in [0.5, 0.6) is 0 Å². The molecule has 7 nitrogen and oxygen atoms in total. The van der Waals surface area contributed by atoms with E-state index in [2.05, 4.69) is 21.4 Å². The van der Waals surface area contributed by atoms with Crippen molar-refractivity contribution in [2.45, 2.75) is 25.4 Å². The summed E-state index contributed by atoms with van der Waals surface area (Å²) >= 11 is 0. The number of hydrogen-bond acceptors (Lipinski definition) is 4. The number of amides is 2. The van der Waals surface area contributed by atoms with Crippen LogP contribution >= 0.6 is 0 Å². The van der Waals surface area contributed by atoms with Gasteiger partial charge in [-0.15, -0.1) is 0 Å². The van der Waals surface area contributed by atoms with Crippen LogP contribution in [0.2, 0.25) is 0 Å². The van der Waals surface area contributed by atoms with Gasteiger partial charge in [-0.05, 0) is 35.7 Å². The zero-order valence-electron chi connectivity index (χ0n) is 15.4. The third-order valence-electron chi connectivity index (χ3n) is 5.12. The maximum Gasteiger partial charge on any atom is 0.247 e. The number of hydrogen-bond donors (Lipinski definition) is 3. The predicted molar refractivity (Wildman–Crippen MR) is 104 cm³/mol. The molecule has 4 rings (SSSR count). The normalized spacial score (nSPS) is 14.5. The van der Waals surface area contributed by atoms with Gasteiger partial charge in [0, 0.05) is 35.5 Å². The van der Waals surface area contributed by atoms with Gasteiger partial charge in [0.15, 0.2) is 0 Å². The number of benzene rings is 1. The van der Waals surface area contributed by atoms with Crippen LogP contribution in [-0.2, 0) is 29.0 Å². The molecule has 7 heteroatoms. The minimum Gasteiger partial charge on any atom is -0.394 e. The summed E-state index contributed by atoms with van der Waals surface area (Å²) < 4.78 is 0. The van der Waals surface area contributed by atoms with Gasteiger partial charge < -0.3 is 20.3 Å². The van der Waals surface area contributed by atoms with Gasteiger partial charge in [-0.2, -0.15) is 0 Å². The monoisotopic (exact) mass is 378 g/mol. The Morgan fingerprint density at radius 2 is 2.00 bits per heavy atom. The van der Waals surface area contributed by atoms with Gasteiger partial charge in [0.05, 0.1) is 19.6 Å². The van der Waals surface area contributed by atoms with Crippen LogP contribution in [0, 0.1) is 0 Å². The van der Waals surface area contributed by atoms with Crippen LogP contribution in [0.15, 0.2) is 48.8 Å². The molecule has 2 amide bonds. The topological polar surface area (TPSA) is 98.3 Å². The predicted octanol–water partition coefficient (Wildman–Crippen LogP) is 1.17. The van der Waals surface area contributed by atoms with Crippen molar-refractivity contribution < 1.29 is 14.7 Å². The summed E-state index contributed by atoms with van der Waals surface area (Å²) in [5.74, 6) is -0.572. The number of rotatable bonds is 5. The second-order valence-electron chi connectivity index (χ2n) is 6.97. The van der Waals surface area contributed by atoms with Gasteiger partial charge in [-0.3, -0.25) is 14.6 Å². The second kappa shape index (κ2) is 7.82. The van der Waals surface area contributed by atoms with E-state index >= 15 is 0 Å². The number of nitrogens with zero attached hydrogens (tertiary/aromatic N) is 2. The van der Waals surface area contributed by atoms with Gasteiger partial charge in [-0.1, -0.05) is 18.2 Å². The number of fused-ring (bicyclic) bond motifs is 3. The maximum absolute atomic E-state index is 12.9. The number of aromatic nitrogens is 2. The number of H-pyrrole nitrogens is 1. The molecule has 1 atom stereocenters. The Morgan fingerprint density at radius 3 is 2.79 bits per heavy atom. The summed E-state index contributed by atoms with van der Waals surface area (Å²) in [5, 5.41) is 13.5. The lowest BCUT2D eigenvalue weighted by Crippen LogP contribution is -2.51. The Labute approximate surface area is 162 Å². The number of carbonyl (C=O) groups excluding carboxylic acids is 2. The van der Waals surface area contributed by atoms with E-state index < -0.39 is 12.6 Å². The smallest absolute Gasteiger partial charge is 0.247 e. The zero-order valence-corrected chi connectivity index (χ0v) is 15.4. The molecule has 0 aliphatic carbocycles. The molecule has 0 saturated carbocycles. The molecule has 0 radical (unpaired) electrons. The molecule has 0 saturated heterocycles. The molecule has 144 valence electrons. The molecule has 0 fully saturated rings. The zero-order chi connectivity index (χ0) is 19.5. The number of nitrogens with one attached hydrogen (secondary N) is 2. The summed E-state index contributed by atoms with van der Waals surface area (Å²) in [6.07, 6.45) is 4.11. The van der Waals surface area contributed by atoms with E-state index in [1.807, 2.05) is 18.2 Å². The van der Waals surface area contributed by atoms with Crippen molar-refractivity contribution in [1.82, 2.24) is 20.2 Å². The maximum atomic E-state index is 12.9. The molecule has 2 aromatic heterocycles. The fraction of sp³-hybridized carbons (Fsp3) is 0.286. The molecule has 0 bridgehead atoms. The van der Waals surface area contributed by atoms with Crippen LogP contribution in [0.4, 0.5) is 0 Å². The Hall–Kier alpha value is -3.19. The molecule has 3 heterocycles. The number of carbonyl (C=O) groups is 2. The average Bonchev–Trinajstić information content (AvgIpc) is 3.10. The molecule has 1 aliphatic heterocycles. The number of aliphatic hydroxyl groups excluding tert-OH is 1. The fourth-order valence-electron chi connectivity index (χ4n) is 3.72. The highest BCUT2D eigenvalue weighted by atomic mass is 16.3. The van der Waals surface area contributed by atoms with Crippen molar-refractivity contribution >= 4 is 22.7 Å². The van der Waals surface area contributed by atoms with Crippen LogP contribution < -0.4 is 5.32 Å². The number of aliphatic hydroxyl groups is 1. The Balaban J connectivity index is 1.43. The van der Waals surface area contributed by atoms with Crippen molar-refractivity contribution in [3.63, 3.8) is 0 Å². The first kappa shape index (κ1) is 18.2. The van der Waals surface area contributed by atoms with Gasteiger partial charge in [0.2, 0.25) is 11.8 Å². The Bertz CT molecular complexity index is 999. The van der Waals surface area contributed by atoms with Crippen LogP contribution in [0.1, 0.15) is 16.8 Å². The third kappa shape index (κ3) is 3.61. The van der Waals surface area contributed by atoms with E-state index in [1.54, 1.807) is 29.4 Å². The lowest BCUT2D eigenvalue weighted by molar-refractivity contribution is -0.138. The minimum atomic E-state index is -0.944. The summed E-state index contributed by atoms with van der Waals surface area (Å²) in [6.45, 7) is 0.570. The SMILES string of the molecule is O=C(Cc1ccncc1)N[C@@H](CO)C(=O)N1CCc2c([nH]c3ccccc23)C1. The first-order valence-electron chi connectivity index (χ1n) is 9.32. The van der Waals surface area contributed by atoms with Crippen molar-refractivity contribution in [3.8, 4) is 0 Å². The Morgan fingerprint density at radius 1 is 1.21 bits per heavy atom. The molecule has 3 N–H and O–H groups in total. The standard InChI is InChI=1S/C21H22N4O3/c26-13-19(24-20(27)11-14-5-8-22-9-6-14)21(28)25-10-7-16-15-3-1-2-4-17(15)23-18(16)12-25/h1-6,8-9,19,23,26H,7,10-13H2,(H,24,27)/t19-/m0/s1. The highest BCUT2D eigenvalue weighted by Gasteiger charge is 2.29. The molecule has 1 aromatic carbocycles. The third-order valence-corrected chi connectivity index (χ3v) is 5.12. The van der Waals surface area contributed by atoms with Crippen LogP contribution in [-0.4, -0.2) is 51.0 Å². The van der Waals surface area contributed by atoms with Gasteiger partial charge in [-0.25, -0.2) is 0 Å². The summed E-state index contributed by atoms with van der Waals surface area (Å²) in [5.41, 5.74) is 4.12. The first-order valence-corrected chi connectivity index (χ1v) is 9.32. The molecule has 3 aromatic rings. The average molecular weight is 378 g/mol. The molecule has 28 heavy (non-hydrogen) atoms. The highest BCUT2D eigenvalue weighted by molar-refractivity contribution is 5.89. The van der Waals surface area contributed by atoms with Crippen molar-refractivity contribution in [1.29, 1.82) is 0 Å². The largest absolute Gasteiger partial charge is 0.394 e. The van der Waals surface area contributed by atoms with Crippen molar-refractivity contribution in [2.24, 2.45) is 0 Å². The molecular formula is C21H22N4O3. The summed E-state index contributed by atoms with van der Waals surface area (Å²) in [4.78, 5) is 34.1. The molecule has 0 unspecified atom stereocenters. The van der Waals surface area contributed by atoms with E-state index in [4.69, 9.17) is 0 Å². The second-order valence-corrected chi connectivity index (χ2v) is 6.97. The van der Waals surface area contributed by atoms with Crippen LogP contribution in [0.25, 0.3) is 10.9 Å². The van der Waals surface area contributed by atoms with E-state index in [0.717, 1.165) is 23.2 Å². The molecule has 1 aliphatic rings. The first-order chi connectivity index (χ1) is 13.7. The molecule has 0 spiro atoms. The fourth-order valence-corrected chi connectivity index (χ4v) is 3.72. The van der Waals surface area contributed by atoms with E-state index in [-0.39, 0.29) is 18.2 Å². The van der Waals surface area contributed by atoms with Gasteiger partial charge >= 0.3 is 0 Å². The van der Waals surface area contributed by atoms with Crippen LogP contribution in [0.3, 0.4) is 0 Å². The van der Waals surface area contributed by atoms with E-state index in [9.17, 15) is 14.7 Å². The van der Waals surface area contributed by atoms with E-state index in [0.29, 0.717) is 13.1 Å². The summed E-state index contributed by atoms with van der Waals surface area (Å²) in [7, 11) is 0. The lowest BCUT2D eigenvalue weighted by atomic mass is 10.0. The van der Waals surface area contributed by atoms with Gasteiger partial charge in [0.25, 0.3) is 0 Å². The minimum absolute atomic E-state index is 0.137. The van der Waals surface area contributed by atoms with Crippen molar-refractivity contribution in [2.75, 3.05) is 13.2 Å². The summed E-state index contributed by atoms with van der Waals surface area (Å²) in [6, 6.07) is 10.6. The Kier molecular flexibility index (Phi) is 5.08. The highest BCUT2D eigenvalue weighted by Crippen LogP contribution is 2.27. The molecular weight excluding hydrogens is 356 g/mol. The lowest BCUT2D eigenvalue weighted by Gasteiger charge is -2.30. The van der Waals surface area contributed by atoms with Crippen molar-refractivity contribution in [3.05, 3.63) is 65.6 Å². The number of pyridine rings is 1. The number of aromatic amines is 1. The number of para-hydroxylation sites is 1.